The lowest BCUT2D eigenvalue weighted by Gasteiger charge is -2.61. The van der Waals surface area contributed by atoms with E-state index in [1.165, 1.54) is 44.1 Å². The van der Waals surface area contributed by atoms with Gasteiger partial charge in [0.1, 0.15) is 6.10 Å². The minimum absolute atomic E-state index is 0.0566. The molecule has 1 aromatic rings. The number of rotatable bonds is 4. The van der Waals surface area contributed by atoms with Crippen LogP contribution in [0.2, 0.25) is 0 Å². The molecule has 0 heterocycles. The van der Waals surface area contributed by atoms with Gasteiger partial charge in [-0.3, -0.25) is 4.79 Å². The maximum absolute atomic E-state index is 12.0. The van der Waals surface area contributed by atoms with Gasteiger partial charge in [-0.05, 0) is 111 Å². The van der Waals surface area contributed by atoms with Crippen LogP contribution in [0.3, 0.4) is 0 Å². The standard InChI is InChI=1S/C29H42O3/c1-20(30)32-23-12-15-27(2)22(19-23)9-10-24-25(27)13-16-28(3)26(24)14-18-29(28,31)17-11-21-7-5-4-6-8-21/h4-8,22-26,31H,9-19H2,1-3H3/t22-,23-,24+,25-,26-,27-,28-,29-/m0/s1. The minimum atomic E-state index is -0.525. The number of carbonyl (C=O) groups is 1. The van der Waals surface area contributed by atoms with Crippen molar-refractivity contribution in [2.45, 2.75) is 103 Å². The molecular weight excluding hydrogens is 396 g/mol. The Balaban J connectivity index is 1.31. The van der Waals surface area contributed by atoms with Gasteiger partial charge < -0.3 is 9.84 Å². The predicted molar refractivity (Wildman–Crippen MR) is 127 cm³/mol. The first-order valence-electron chi connectivity index (χ1n) is 13.2. The van der Waals surface area contributed by atoms with Crippen LogP contribution < -0.4 is 0 Å². The van der Waals surface area contributed by atoms with Crippen LogP contribution >= 0.6 is 0 Å². The van der Waals surface area contributed by atoms with Gasteiger partial charge in [0.05, 0.1) is 5.60 Å². The molecule has 0 aliphatic heterocycles. The number of hydrogen-bond acceptors (Lipinski definition) is 3. The Morgan fingerprint density at radius 2 is 1.75 bits per heavy atom. The van der Waals surface area contributed by atoms with Crippen LogP contribution in [0, 0.1) is 34.5 Å². The molecule has 32 heavy (non-hydrogen) atoms. The summed E-state index contributed by atoms with van der Waals surface area (Å²) in [6.07, 6.45) is 12.4. The first-order chi connectivity index (χ1) is 15.3. The van der Waals surface area contributed by atoms with E-state index in [1.807, 2.05) is 0 Å². The first-order valence-corrected chi connectivity index (χ1v) is 13.2. The van der Waals surface area contributed by atoms with Crippen LogP contribution in [0.5, 0.6) is 0 Å². The van der Waals surface area contributed by atoms with E-state index < -0.39 is 5.60 Å². The van der Waals surface area contributed by atoms with Crippen molar-refractivity contribution in [2.75, 3.05) is 0 Å². The van der Waals surface area contributed by atoms with E-state index in [-0.39, 0.29) is 17.5 Å². The molecule has 176 valence electrons. The van der Waals surface area contributed by atoms with E-state index in [4.69, 9.17) is 4.74 Å². The van der Waals surface area contributed by atoms with Crippen LogP contribution in [0.4, 0.5) is 0 Å². The van der Waals surface area contributed by atoms with Gasteiger partial charge in [-0.1, -0.05) is 44.2 Å². The summed E-state index contributed by atoms with van der Waals surface area (Å²) >= 11 is 0. The molecule has 0 radical (unpaired) electrons. The topological polar surface area (TPSA) is 46.5 Å². The quantitative estimate of drug-likeness (QED) is 0.559. The van der Waals surface area contributed by atoms with Gasteiger partial charge in [0.2, 0.25) is 0 Å². The third-order valence-electron chi connectivity index (χ3n) is 10.9. The molecule has 0 amide bonds. The highest BCUT2D eigenvalue weighted by Crippen LogP contribution is 2.68. The summed E-state index contributed by atoms with van der Waals surface area (Å²) in [5.41, 5.74) is 1.26. The molecule has 0 saturated heterocycles. The monoisotopic (exact) mass is 438 g/mol. The number of aliphatic hydroxyl groups is 1. The Morgan fingerprint density at radius 3 is 2.50 bits per heavy atom. The third kappa shape index (κ3) is 3.54. The molecule has 3 nitrogen and oxygen atoms in total. The fourth-order valence-electron chi connectivity index (χ4n) is 9.08. The van der Waals surface area contributed by atoms with Crippen LogP contribution in [0.15, 0.2) is 30.3 Å². The normalized spacial score (nSPS) is 45.4. The molecule has 0 unspecified atom stereocenters. The molecule has 3 heteroatoms. The zero-order valence-electron chi connectivity index (χ0n) is 20.3. The fourth-order valence-corrected chi connectivity index (χ4v) is 9.08. The first kappa shape index (κ1) is 22.4. The van der Waals surface area contributed by atoms with Crippen LogP contribution in [-0.2, 0) is 16.0 Å². The highest BCUT2D eigenvalue weighted by Gasteiger charge is 2.64. The Kier molecular flexibility index (Phi) is 5.72. The number of esters is 1. The van der Waals surface area contributed by atoms with Crippen LogP contribution in [-0.4, -0.2) is 22.8 Å². The Labute approximate surface area is 194 Å². The predicted octanol–water partition coefficient (Wildman–Crippen LogP) is 6.32. The molecule has 1 aromatic carbocycles. The van der Waals surface area contributed by atoms with Crippen molar-refractivity contribution in [1.82, 2.24) is 0 Å². The molecule has 0 aromatic heterocycles. The number of benzene rings is 1. The van der Waals surface area contributed by atoms with E-state index in [9.17, 15) is 9.90 Å². The summed E-state index contributed by atoms with van der Waals surface area (Å²) in [5.74, 6) is 2.75. The zero-order valence-corrected chi connectivity index (χ0v) is 20.3. The lowest BCUT2D eigenvalue weighted by Crippen LogP contribution is -2.57. The molecule has 5 rings (SSSR count). The second-order valence-corrected chi connectivity index (χ2v) is 12.2. The van der Waals surface area contributed by atoms with Crippen LogP contribution in [0.1, 0.15) is 90.5 Å². The maximum atomic E-state index is 12.0. The van der Waals surface area contributed by atoms with E-state index in [2.05, 4.69) is 44.2 Å². The van der Waals surface area contributed by atoms with Crippen molar-refractivity contribution in [3.63, 3.8) is 0 Å². The number of aryl methyl sites for hydroxylation is 1. The number of ether oxygens (including phenoxy) is 1. The molecule has 4 fully saturated rings. The second-order valence-electron chi connectivity index (χ2n) is 12.2. The Morgan fingerprint density at radius 1 is 1.00 bits per heavy atom. The van der Waals surface area contributed by atoms with Gasteiger partial charge in [-0.2, -0.15) is 0 Å². The molecule has 4 aliphatic rings. The molecule has 1 N–H and O–H groups in total. The maximum Gasteiger partial charge on any atom is 0.302 e. The smallest absolute Gasteiger partial charge is 0.302 e. The average Bonchev–Trinajstić information content (AvgIpc) is 3.04. The molecule has 0 spiro atoms. The average molecular weight is 439 g/mol. The van der Waals surface area contributed by atoms with Crippen molar-refractivity contribution in [3.05, 3.63) is 35.9 Å². The molecule has 4 aliphatic carbocycles. The van der Waals surface area contributed by atoms with Crippen molar-refractivity contribution >= 4 is 5.97 Å². The molecular formula is C29H42O3. The summed E-state index contributed by atoms with van der Waals surface area (Å²) in [6, 6.07) is 10.7. The van der Waals surface area contributed by atoms with Gasteiger partial charge in [-0.15, -0.1) is 0 Å². The highest BCUT2D eigenvalue weighted by molar-refractivity contribution is 5.66. The molecule has 4 saturated carbocycles. The summed E-state index contributed by atoms with van der Waals surface area (Å²) in [7, 11) is 0. The summed E-state index contributed by atoms with van der Waals surface area (Å²) in [4.78, 5) is 11.5. The molecule has 8 atom stereocenters. The highest BCUT2D eigenvalue weighted by atomic mass is 16.5. The van der Waals surface area contributed by atoms with Crippen molar-refractivity contribution in [3.8, 4) is 0 Å². The largest absolute Gasteiger partial charge is 0.463 e. The number of carbonyl (C=O) groups excluding carboxylic acids is 1. The van der Waals surface area contributed by atoms with E-state index in [0.717, 1.165) is 43.9 Å². The second kappa shape index (κ2) is 8.15. The van der Waals surface area contributed by atoms with E-state index >= 15 is 0 Å². The van der Waals surface area contributed by atoms with Crippen molar-refractivity contribution < 1.29 is 14.6 Å². The van der Waals surface area contributed by atoms with Crippen molar-refractivity contribution in [2.24, 2.45) is 34.5 Å². The lowest BCUT2D eigenvalue weighted by molar-refractivity contribution is -0.170. The Hall–Kier alpha value is -1.35. The lowest BCUT2D eigenvalue weighted by atomic mass is 9.44. The summed E-state index contributed by atoms with van der Waals surface area (Å²) in [6.45, 7) is 6.53. The van der Waals surface area contributed by atoms with Crippen molar-refractivity contribution in [1.29, 1.82) is 0 Å². The van der Waals surface area contributed by atoms with Gasteiger partial charge in [0, 0.05) is 6.92 Å². The van der Waals surface area contributed by atoms with E-state index in [0.29, 0.717) is 17.3 Å². The molecule has 0 bridgehead atoms. The SMILES string of the molecule is CC(=O)O[C@H]1CC[C@@]2(C)[C@@H](CC[C@@H]3[C@@H]2CC[C@@]2(C)[C@H]3CC[C@@]2(O)CCc2ccccc2)C1. The fraction of sp³-hybridized carbons (Fsp3) is 0.759. The number of hydrogen-bond donors (Lipinski definition) is 1. The van der Waals surface area contributed by atoms with E-state index in [1.54, 1.807) is 6.92 Å². The third-order valence-corrected chi connectivity index (χ3v) is 10.9. The van der Waals surface area contributed by atoms with Gasteiger partial charge in [-0.25, -0.2) is 0 Å². The van der Waals surface area contributed by atoms with Gasteiger partial charge in [0.25, 0.3) is 0 Å². The number of fused-ring (bicyclic) bond motifs is 5. The zero-order chi connectivity index (χ0) is 22.6. The van der Waals surface area contributed by atoms with Crippen LogP contribution in [0.25, 0.3) is 0 Å². The minimum Gasteiger partial charge on any atom is -0.463 e. The summed E-state index contributed by atoms with van der Waals surface area (Å²) in [5, 5.41) is 12.0. The van der Waals surface area contributed by atoms with Gasteiger partial charge in [0.15, 0.2) is 0 Å². The Bertz CT molecular complexity index is 836. The van der Waals surface area contributed by atoms with Gasteiger partial charge >= 0.3 is 5.97 Å². The summed E-state index contributed by atoms with van der Waals surface area (Å²) < 4.78 is 5.63.